The lowest BCUT2D eigenvalue weighted by atomic mass is 10.1. The molecule has 0 heterocycles. The number of rotatable bonds is 7. The Bertz CT molecular complexity index is 877. The maximum Gasteiger partial charge on any atom is 0.275 e. The standard InChI is InChI=1S/C19H24N2O4S/c1-5-16-9-11-17(12-10-16)26(23,24)21-20-19(22)15(4)25-18-8-6-7-13(2)14(18)3/h6-12,15,21H,5H2,1-4H3,(H,20,22)/t15-/m1/s1. The van der Waals surface area contributed by atoms with Gasteiger partial charge in [0.15, 0.2) is 6.10 Å². The van der Waals surface area contributed by atoms with E-state index in [1.54, 1.807) is 25.1 Å². The molecule has 0 radical (unpaired) electrons. The number of nitrogens with one attached hydrogen (secondary N) is 2. The molecule has 0 saturated heterocycles. The lowest BCUT2D eigenvalue weighted by molar-refractivity contribution is -0.127. The Labute approximate surface area is 154 Å². The van der Waals surface area contributed by atoms with Crippen molar-refractivity contribution >= 4 is 15.9 Å². The Morgan fingerprint density at radius 1 is 1.12 bits per heavy atom. The maximum atomic E-state index is 12.2. The van der Waals surface area contributed by atoms with E-state index in [0.29, 0.717) is 5.75 Å². The van der Waals surface area contributed by atoms with Gasteiger partial charge in [0, 0.05) is 0 Å². The van der Waals surface area contributed by atoms with Gasteiger partial charge in [0.2, 0.25) is 0 Å². The molecule has 140 valence electrons. The maximum absolute atomic E-state index is 12.2. The largest absolute Gasteiger partial charge is 0.481 e. The molecule has 0 spiro atoms. The first-order valence-electron chi connectivity index (χ1n) is 8.38. The summed E-state index contributed by atoms with van der Waals surface area (Å²) < 4.78 is 30.1. The van der Waals surface area contributed by atoms with Crippen molar-refractivity contribution in [2.75, 3.05) is 0 Å². The van der Waals surface area contributed by atoms with E-state index >= 15 is 0 Å². The van der Waals surface area contributed by atoms with Gasteiger partial charge in [-0.05, 0) is 62.1 Å². The Balaban J connectivity index is 1.99. The minimum Gasteiger partial charge on any atom is -0.481 e. The Morgan fingerprint density at radius 2 is 1.77 bits per heavy atom. The number of ether oxygens (including phenoxy) is 1. The zero-order chi connectivity index (χ0) is 19.3. The van der Waals surface area contributed by atoms with Gasteiger partial charge in [-0.15, -0.1) is 4.83 Å². The molecule has 0 aromatic heterocycles. The van der Waals surface area contributed by atoms with E-state index in [4.69, 9.17) is 4.74 Å². The third-order valence-electron chi connectivity index (χ3n) is 4.18. The zero-order valence-corrected chi connectivity index (χ0v) is 16.2. The van der Waals surface area contributed by atoms with E-state index in [2.05, 4.69) is 10.3 Å². The molecular formula is C19H24N2O4S. The van der Waals surface area contributed by atoms with Crippen LogP contribution >= 0.6 is 0 Å². The van der Waals surface area contributed by atoms with E-state index in [1.165, 1.54) is 12.1 Å². The minimum absolute atomic E-state index is 0.0816. The van der Waals surface area contributed by atoms with Gasteiger partial charge in [0.1, 0.15) is 5.75 Å². The van der Waals surface area contributed by atoms with Crippen LogP contribution in [-0.4, -0.2) is 20.4 Å². The molecule has 2 aromatic rings. The monoisotopic (exact) mass is 376 g/mol. The number of amides is 1. The fourth-order valence-corrected chi connectivity index (χ4v) is 3.13. The molecule has 0 fully saturated rings. The summed E-state index contributed by atoms with van der Waals surface area (Å²) in [6.45, 7) is 7.39. The quantitative estimate of drug-likeness (QED) is 0.728. The Kier molecular flexibility index (Phi) is 6.39. The van der Waals surface area contributed by atoms with Crippen LogP contribution in [0.4, 0.5) is 0 Å². The highest BCUT2D eigenvalue weighted by atomic mass is 32.2. The number of carbonyl (C=O) groups excluding carboxylic acids is 1. The summed E-state index contributed by atoms with van der Waals surface area (Å²) in [4.78, 5) is 14.3. The van der Waals surface area contributed by atoms with Gasteiger partial charge in [-0.1, -0.05) is 31.2 Å². The van der Waals surface area contributed by atoms with Gasteiger partial charge in [-0.25, -0.2) is 8.42 Å². The van der Waals surface area contributed by atoms with Gasteiger partial charge in [-0.2, -0.15) is 0 Å². The van der Waals surface area contributed by atoms with Gasteiger partial charge in [-0.3, -0.25) is 10.2 Å². The van der Waals surface area contributed by atoms with Crippen LogP contribution in [0.2, 0.25) is 0 Å². The third kappa shape index (κ3) is 4.83. The molecule has 6 nitrogen and oxygen atoms in total. The van der Waals surface area contributed by atoms with Crippen LogP contribution in [0.15, 0.2) is 47.4 Å². The third-order valence-corrected chi connectivity index (χ3v) is 5.44. The summed E-state index contributed by atoms with van der Waals surface area (Å²) in [5, 5.41) is 0. The van der Waals surface area contributed by atoms with E-state index in [0.717, 1.165) is 23.1 Å². The number of carbonyl (C=O) groups is 1. The molecule has 2 rings (SSSR count). The average molecular weight is 376 g/mol. The van der Waals surface area contributed by atoms with E-state index in [1.807, 2.05) is 32.9 Å². The molecule has 0 saturated carbocycles. The number of hydrazine groups is 1. The summed E-state index contributed by atoms with van der Waals surface area (Å²) in [6.07, 6.45) is -0.0433. The second-order valence-corrected chi connectivity index (χ2v) is 7.73. The fourth-order valence-electron chi connectivity index (χ4n) is 2.28. The van der Waals surface area contributed by atoms with E-state index < -0.39 is 22.0 Å². The number of sulfonamides is 1. The highest BCUT2D eigenvalue weighted by Gasteiger charge is 2.20. The number of benzene rings is 2. The van der Waals surface area contributed by atoms with Gasteiger partial charge >= 0.3 is 0 Å². The molecule has 0 unspecified atom stereocenters. The second kappa shape index (κ2) is 8.33. The predicted octanol–water partition coefficient (Wildman–Crippen LogP) is 2.64. The summed E-state index contributed by atoms with van der Waals surface area (Å²) in [7, 11) is -3.84. The van der Waals surface area contributed by atoms with Crippen molar-refractivity contribution in [3.63, 3.8) is 0 Å². The van der Waals surface area contributed by atoms with Crippen molar-refractivity contribution in [1.29, 1.82) is 0 Å². The van der Waals surface area contributed by atoms with E-state index in [9.17, 15) is 13.2 Å². The summed E-state index contributed by atoms with van der Waals surface area (Å²) >= 11 is 0. The molecule has 26 heavy (non-hydrogen) atoms. The first-order valence-corrected chi connectivity index (χ1v) is 9.86. The van der Waals surface area contributed by atoms with Crippen LogP contribution in [0.25, 0.3) is 0 Å². The number of hydrogen-bond donors (Lipinski definition) is 2. The highest BCUT2D eigenvalue weighted by molar-refractivity contribution is 7.89. The molecule has 7 heteroatoms. The molecule has 2 N–H and O–H groups in total. The SMILES string of the molecule is CCc1ccc(S(=O)(=O)NNC(=O)[C@@H](C)Oc2cccc(C)c2C)cc1. The zero-order valence-electron chi connectivity index (χ0n) is 15.4. The molecular weight excluding hydrogens is 352 g/mol. The van der Waals surface area contributed by atoms with E-state index in [-0.39, 0.29) is 4.90 Å². The first kappa shape index (κ1) is 19.9. The topological polar surface area (TPSA) is 84.5 Å². The van der Waals surface area contributed by atoms with Crippen LogP contribution in [0.5, 0.6) is 5.75 Å². The average Bonchev–Trinajstić information content (AvgIpc) is 2.63. The normalized spacial score (nSPS) is 12.5. The molecule has 1 amide bonds. The van der Waals surface area contributed by atoms with Crippen molar-refractivity contribution in [3.05, 3.63) is 59.2 Å². The van der Waals surface area contributed by atoms with Crippen molar-refractivity contribution in [1.82, 2.24) is 10.3 Å². The molecule has 0 aliphatic carbocycles. The van der Waals surface area contributed by atoms with Gasteiger partial charge in [0.25, 0.3) is 15.9 Å². The fraction of sp³-hybridized carbons (Fsp3) is 0.316. The van der Waals surface area contributed by atoms with Crippen molar-refractivity contribution in [2.24, 2.45) is 0 Å². The lowest BCUT2D eigenvalue weighted by Gasteiger charge is -2.17. The lowest BCUT2D eigenvalue weighted by Crippen LogP contribution is -2.47. The Hall–Kier alpha value is -2.38. The number of aryl methyl sites for hydroxylation is 2. The molecule has 0 aliphatic rings. The summed E-state index contributed by atoms with van der Waals surface area (Å²) in [5.41, 5.74) is 5.21. The molecule has 1 atom stereocenters. The smallest absolute Gasteiger partial charge is 0.275 e. The second-order valence-electron chi connectivity index (χ2n) is 6.05. The van der Waals surface area contributed by atoms with Crippen LogP contribution in [0.1, 0.15) is 30.5 Å². The van der Waals surface area contributed by atoms with Crippen LogP contribution in [-0.2, 0) is 21.2 Å². The molecule has 2 aromatic carbocycles. The Morgan fingerprint density at radius 3 is 2.38 bits per heavy atom. The minimum atomic E-state index is -3.84. The molecule has 0 bridgehead atoms. The van der Waals surface area contributed by atoms with Crippen molar-refractivity contribution in [3.8, 4) is 5.75 Å². The predicted molar refractivity (Wildman–Crippen MR) is 100 cm³/mol. The van der Waals surface area contributed by atoms with Gasteiger partial charge < -0.3 is 4.74 Å². The summed E-state index contributed by atoms with van der Waals surface area (Å²) in [5.74, 6) is 0.00493. The first-order chi connectivity index (χ1) is 12.2. The highest BCUT2D eigenvalue weighted by Crippen LogP contribution is 2.21. The van der Waals surface area contributed by atoms with Crippen LogP contribution in [0.3, 0.4) is 0 Å². The van der Waals surface area contributed by atoms with Gasteiger partial charge in [0.05, 0.1) is 4.90 Å². The number of hydrogen-bond acceptors (Lipinski definition) is 4. The van der Waals surface area contributed by atoms with Crippen molar-refractivity contribution in [2.45, 2.75) is 45.1 Å². The van der Waals surface area contributed by atoms with Crippen molar-refractivity contribution < 1.29 is 17.9 Å². The summed E-state index contributed by atoms with van der Waals surface area (Å²) in [6, 6.07) is 12.0. The molecule has 0 aliphatic heterocycles. The van der Waals surface area contributed by atoms with Crippen LogP contribution in [0, 0.1) is 13.8 Å². The van der Waals surface area contributed by atoms with Crippen LogP contribution < -0.4 is 15.0 Å².